The maximum atomic E-state index is 13.1. The van der Waals surface area contributed by atoms with Gasteiger partial charge in [0.2, 0.25) is 10.0 Å². The molecule has 8 heteroatoms. The number of rotatable bonds is 6. The number of hydrogen-bond acceptors (Lipinski definition) is 5. The number of piperazine rings is 1. The molecule has 31 heavy (non-hydrogen) atoms. The van der Waals surface area contributed by atoms with Crippen LogP contribution in [0.3, 0.4) is 0 Å². The van der Waals surface area contributed by atoms with Crippen LogP contribution >= 0.6 is 11.3 Å². The molecule has 2 fully saturated rings. The molecule has 1 amide bonds. The van der Waals surface area contributed by atoms with Crippen LogP contribution in [0.15, 0.2) is 52.7 Å². The molecule has 0 N–H and O–H groups in total. The van der Waals surface area contributed by atoms with Gasteiger partial charge in [0, 0.05) is 45.8 Å². The summed E-state index contributed by atoms with van der Waals surface area (Å²) >= 11 is 1.23. The predicted octanol–water partition coefficient (Wildman–Crippen LogP) is 3.39. The van der Waals surface area contributed by atoms with E-state index in [2.05, 4.69) is 29.2 Å². The van der Waals surface area contributed by atoms with Crippen molar-refractivity contribution in [2.24, 2.45) is 0 Å². The highest BCUT2D eigenvalue weighted by molar-refractivity contribution is 7.89. The molecule has 1 aromatic carbocycles. The quantitative estimate of drug-likeness (QED) is 0.664. The standard InChI is InChI=1S/C23H29N3O3S2/c27-23(22-21(11-19-30-22)31(28,29)26-13-5-2-6-14-26)25-17-15-24(16-18-25)12-7-10-20-8-3-1-4-9-20/h1,3-4,7-11,19H,2,5-6,12-18H2/b10-7+. The van der Waals surface area contributed by atoms with Gasteiger partial charge in [-0.15, -0.1) is 11.3 Å². The molecule has 0 atom stereocenters. The van der Waals surface area contributed by atoms with E-state index < -0.39 is 10.0 Å². The molecular formula is C23H29N3O3S2. The average molecular weight is 460 g/mol. The van der Waals surface area contributed by atoms with Gasteiger partial charge < -0.3 is 4.90 Å². The van der Waals surface area contributed by atoms with Gasteiger partial charge in [-0.05, 0) is 29.9 Å². The van der Waals surface area contributed by atoms with Crippen LogP contribution in [-0.4, -0.2) is 74.2 Å². The molecule has 0 saturated carbocycles. The van der Waals surface area contributed by atoms with Crippen molar-refractivity contribution in [2.75, 3.05) is 45.8 Å². The van der Waals surface area contributed by atoms with E-state index in [9.17, 15) is 13.2 Å². The number of nitrogens with zero attached hydrogens (tertiary/aromatic N) is 3. The summed E-state index contributed by atoms with van der Waals surface area (Å²) in [6, 6.07) is 11.8. The molecule has 2 saturated heterocycles. The Kier molecular flexibility index (Phi) is 7.22. The van der Waals surface area contributed by atoms with Crippen LogP contribution in [-0.2, 0) is 10.0 Å². The third-order valence-corrected chi connectivity index (χ3v) is 8.86. The minimum atomic E-state index is -3.61. The second-order valence-electron chi connectivity index (χ2n) is 7.98. The van der Waals surface area contributed by atoms with Crippen LogP contribution in [0.4, 0.5) is 0 Å². The zero-order valence-corrected chi connectivity index (χ0v) is 19.3. The Labute approximate surface area is 188 Å². The van der Waals surface area contributed by atoms with E-state index in [1.165, 1.54) is 21.2 Å². The normalized spacial score (nSPS) is 19.2. The van der Waals surface area contributed by atoms with Crippen molar-refractivity contribution in [1.82, 2.24) is 14.1 Å². The van der Waals surface area contributed by atoms with E-state index in [0.717, 1.165) is 38.9 Å². The summed E-state index contributed by atoms with van der Waals surface area (Å²) < 4.78 is 27.7. The molecule has 6 nitrogen and oxygen atoms in total. The van der Waals surface area contributed by atoms with E-state index in [0.29, 0.717) is 31.1 Å². The van der Waals surface area contributed by atoms with Gasteiger partial charge in [0.15, 0.2) is 0 Å². The predicted molar refractivity (Wildman–Crippen MR) is 125 cm³/mol. The summed E-state index contributed by atoms with van der Waals surface area (Å²) in [7, 11) is -3.61. The molecule has 0 aliphatic carbocycles. The highest BCUT2D eigenvalue weighted by Crippen LogP contribution is 2.28. The molecule has 0 spiro atoms. The summed E-state index contributed by atoms with van der Waals surface area (Å²) in [6.45, 7) is 4.71. The van der Waals surface area contributed by atoms with Gasteiger partial charge in [-0.3, -0.25) is 9.69 Å². The first kappa shape index (κ1) is 22.2. The summed E-state index contributed by atoms with van der Waals surface area (Å²) in [5.41, 5.74) is 1.18. The van der Waals surface area contributed by atoms with Crippen LogP contribution in [0.1, 0.15) is 34.5 Å². The summed E-state index contributed by atoms with van der Waals surface area (Å²) in [6.07, 6.45) is 7.09. The topological polar surface area (TPSA) is 60.9 Å². The van der Waals surface area contributed by atoms with E-state index in [1.807, 2.05) is 18.2 Å². The molecule has 0 unspecified atom stereocenters. The number of piperidine rings is 1. The molecule has 166 valence electrons. The molecule has 0 bridgehead atoms. The molecule has 2 aliphatic rings. The number of carbonyl (C=O) groups excluding carboxylic acids is 1. The Bertz CT molecular complexity index is 1000. The van der Waals surface area contributed by atoms with Crippen LogP contribution in [0, 0.1) is 0 Å². The minimum Gasteiger partial charge on any atom is -0.335 e. The Morgan fingerprint density at radius 1 is 0.935 bits per heavy atom. The fourth-order valence-electron chi connectivity index (χ4n) is 4.08. The molecule has 2 aliphatic heterocycles. The van der Waals surface area contributed by atoms with E-state index in [4.69, 9.17) is 0 Å². The summed E-state index contributed by atoms with van der Waals surface area (Å²) in [5, 5.41) is 1.72. The van der Waals surface area contributed by atoms with E-state index in [1.54, 1.807) is 16.3 Å². The highest BCUT2D eigenvalue weighted by atomic mass is 32.2. The van der Waals surface area contributed by atoms with Crippen molar-refractivity contribution in [2.45, 2.75) is 24.2 Å². The van der Waals surface area contributed by atoms with Crippen molar-refractivity contribution in [3.8, 4) is 0 Å². The lowest BCUT2D eigenvalue weighted by Crippen LogP contribution is -2.48. The fraction of sp³-hybridized carbons (Fsp3) is 0.435. The first-order chi connectivity index (χ1) is 15.1. The van der Waals surface area contributed by atoms with Crippen molar-refractivity contribution < 1.29 is 13.2 Å². The Balaban J connectivity index is 1.35. The first-order valence-electron chi connectivity index (χ1n) is 10.9. The summed E-state index contributed by atoms with van der Waals surface area (Å²) in [5.74, 6) is -0.162. The van der Waals surface area contributed by atoms with Gasteiger partial charge in [-0.25, -0.2) is 8.42 Å². The van der Waals surface area contributed by atoms with E-state index >= 15 is 0 Å². The van der Waals surface area contributed by atoms with Crippen molar-refractivity contribution in [3.05, 3.63) is 58.3 Å². The number of carbonyl (C=O) groups is 1. The zero-order chi connectivity index (χ0) is 21.7. The number of amides is 1. The number of thiophene rings is 1. The minimum absolute atomic E-state index is 0.162. The van der Waals surface area contributed by atoms with Crippen molar-refractivity contribution >= 4 is 33.3 Å². The van der Waals surface area contributed by atoms with Gasteiger partial charge in [0.05, 0.1) is 0 Å². The van der Waals surface area contributed by atoms with Crippen LogP contribution < -0.4 is 0 Å². The lowest BCUT2D eigenvalue weighted by atomic mass is 10.2. The molecule has 1 aromatic heterocycles. The SMILES string of the molecule is O=C(c1sccc1S(=O)(=O)N1CCCCC1)N1CCN(C/C=C/c2ccccc2)CC1. The zero-order valence-electron chi connectivity index (χ0n) is 17.7. The second-order valence-corrected chi connectivity index (χ2v) is 10.8. The van der Waals surface area contributed by atoms with Gasteiger partial charge >= 0.3 is 0 Å². The van der Waals surface area contributed by atoms with Crippen LogP contribution in [0.5, 0.6) is 0 Å². The Morgan fingerprint density at radius 3 is 2.35 bits per heavy atom. The van der Waals surface area contributed by atoms with Crippen LogP contribution in [0.2, 0.25) is 0 Å². The lowest BCUT2D eigenvalue weighted by molar-refractivity contribution is 0.0651. The fourth-order valence-corrected chi connectivity index (χ4v) is 6.96. The van der Waals surface area contributed by atoms with Crippen molar-refractivity contribution in [1.29, 1.82) is 0 Å². The highest BCUT2D eigenvalue weighted by Gasteiger charge is 2.33. The monoisotopic (exact) mass is 459 g/mol. The van der Waals surface area contributed by atoms with Gasteiger partial charge in [0.25, 0.3) is 5.91 Å². The number of sulfonamides is 1. The summed E-state index contributed by atoms with van der Waals surface area (Å²) in [4.78, 5) is 17.8. The molecule has 0 radical (unpaired) electrons. The van der Waals surface area contributed by atoms with Gasteiger partial charge in [0.1, 0.15) is 9.77 Å². The van der Waals surface area contributed by atoms with E-state index in [-0.39, 0.29) is 10.8 Å². The number of benzene rings is 1. The lowest BCUT2D eigenvalue weighted by Gasteiger charge is -2.34. The maximum Gasteiger partial charge on any atom is 0.265 e. The molecular weight excluding hydrogens is 430 g/mol. The van der Waals surface area contributed by atoms with Crippen molar-refractivity contribution in [3.63, 3.8) is 0 Å². The van der Waals surface area contributed by atoms with Crippen LogP contribution in [0.25, 0.3) is 6.08 Å². The maximum absolute atomic E-state index is 13.1. The Morgan fingerprint density at radius 2 is 1.65 bits per heavy atom. The largest absolute Gasteiger partial charge is 0.335 e. The Hall–Kier alpha value is -2.00. The molecule has 4 rings (SSSR count). The second kappa shape index (κ2) is 10.1. The number of hydrogen-bond donors (Lipinski definition) is 0. The molecule has 3 heterocycles. The first-order valence-corrected chi connectivity index (χ1v) is 13.2. The molecule has 2 aromatic rings. The van der Waals surface area contributed by atoms with Gasteiger partial charge in [-0.1, -0.05) is 48.9 Å². The average Bonchev–Trinajstić information content (AvgIpc) is 3.31. The van der Waals surface area contributed by atoms with Gasteiger partial charge in [-0.2, -0.15) is 4.31 Å². The third-order valence-electron chi connectivity index (χ3n) is 5.89. The third kappa shape index (κ3) is 5.26. The smallest absolute Gasteiger partial charge is 0.265 e.